The molecule has 3 heteroatoms. The zero-order chi connectivity index (χ0) is 19.1. The maximum absolute atomic E-state index is 13.1. The van der Waals surface area contributed by atoms with E-state index in [1.54, 1.807) is 0 Å². The number of nitrogens with two attached hydrogens (primary N) is 1. The van der Waals surface area contributed by atoms with Crippen LogP contribution in [0.25, 0.3) is 0 Å². The van der Waals surface area contributed by atoms with E-state index in [9.17, 15) is 4.79 Å². The normalized spacial score (nSPS) is 11.8. The van der Waals surface area contributed by atoms with Crippen molar-refractivity contribution in [3.63, 3.8) is 0 Å². The molecular weight excluding hydrogens is 332 g/mol. The molecule has 0 saturated carbocycles. The Kier molecular flexibility index (Phi) is 6.39. The zero-order valence-corrected chi connectivity index (χ0v) is 16.0. The summed E-state index contributed by atoms with van der Waals surface area (Å²) in [4.78, 5) is 13.1. The molecular formula is C24H27N2O+. The molecule has 27 heavy (non-hydrogen) atoms. The Morgan fingerprint density at radius 3 is 2.30 bits per heavy atom. The molecule has 0 aliphatic carbocycles. The Hall–Kier alpha value is -2.91. The summed E-state index contributed by atoms with van der Waals surface area (Å²) < 4.78 is 0. The summed E-state index contributed by atoms with van der Waals surface area (Å²) in [5.41, 5.74) is 5.41. The first-order chi connectivity index (χ1) is 13.1. The third-order valence-electron chi connectivity index (χ3n) is 4.77. The van der Waals surface area contributed by atoms with E-state index in [1.165, 1.54) is 5.56 Å². The summed E-state index contributed by atoms with van der Waals surface area (Å²) in [7, 11) is 0. The summed E-state index contributed by atoms with van der Waals surface area (Å²) in [6.45, 7) is 4.91. The highest BCUT2D eigenvalue weighted by Gasteiger charge is 2.24. The minimum atomic E-state index is -0.269. The van der Waals surface area contributed by atoms with Crippen molar-refractivity contribution in [2.45, 2.75) is 26.3 Å². The zero-order valence-electron chi connectivity index (χ0n) is 16.0. The first kappa shape index (κ1) is 18.9. The molecule has 138 valence electrons. The number of hydrogen-bond donors (Lipinski definition) is 2. The van der Waals surface area contributed by atoms with Gasteiger partial charge in [-0.1, -0.05) is 72.8 Å². The number of hydrogen-bond acceptors (Lipinski definition) is 1. The number of anilines is 1. The van der Waals surface area contributed by atoms with E-state index in [2.05, 4.69) is 41.0 Å². The minimum Gasteiger partial charge on any atom is -0.332 e. The maximum atomic E-state index is 13.1. The first-order valence-electron chi connectivity index (χ1n) is 9.44. The number of rotatable bonds is 7. The quantitative estimate of drug-likeness (QED) is 0.662. The first-order valence-corrected chi connectivity index (χ1v) is 9.44. The van der Waals surface area contributed by atoms with E-state index in [0.717, 1.165) is 35.3 Å². The molecule has 0 radical (unpaired) electrons. The van der Waals surface area contributed by atoms with Gasteiger partial charge in [0.25, 0.3) is 5.91 Å². The van der Waals surface area contributed by atoms with Crippen LogP contribution in [0.3, 0.4) is 0 Å². The fraction of sp³-hybridized carbons (Fsp3) is 0.208. The summed E-state index contributed by atoms with van der Waals surface area (Å²) in [5.74, 6) is 0.0166. The van der Waals surface area contributed by atoms with Gasteiger partial charge >= 0.3 is 0 Å². The van der Waals surface area contributed by atoms with Gasteiger partial charge in [0.05, 0.1) is 6.54 Å². The van der Waals surface area contributed by atoms with Gasteiger partial charge in [-0.2, -0.15) is 0 Å². The van der Waals surface area contributed by atoms with Crippen LogP contribution in [0.2, 0.25) is 0 Å². The molecule has 0 saturated heterocycles. The fourth-order valence-electron chi connectivity index (χ4n) is 3.20. The van der Waals surface area contributed by atoms with Crippen LogP contribution in [0.5, 0.6) is 0 Å². The van der Waals surface area contributed by atoms with Crippen LogP contribution in [0.4, 0.5) is 5.69 Å². The van der Waals surface area contributed by atoms with Gasteiger partial charge in [-0.05, 0) is 36.6 Å². The van der Waals surface area contributed by atoms with Crippen LogP contribution in [0.15, 0.2) is 78.9 Å². The number of quaternary nitrogens is 1. The predicted molar refractivity (Wildman–Crippen MR) is 111 cm³/mol. The molecule has 3 N–H and O–H groups in total. The number of carbonyl (C=O) groups is 1. The average molecular weight is 359 g/mol. The predicted octanol–water partition coefficient (Wildman–Crippen LogP) is 3.79. The van der Waals surface area contributed by atoms with Crippen LogP contribution in [-0.4, -0.2) is 12.5 Å². The van der Waals surface area contributed by atoms with Crippen molar-refractivity contribution < 1.29 is 10.1 Å². The van der Waals surface area contributed by atoms with Crippen molar-refractivity contribution in [2.75, 3.05) is 11.9 Å². The lowest BCUT2D eigenvalue weighted by atomic mass is 10.0. The Morgan fingerprint density at radius 1 is 0.926 bits per heavy atom. The molecule has 3 rings (SSSR count). The Morgan fingerprint density at radius 2 is 1.59 bits per heavy atom. The second-order valence-electron chi connectivity index (χ2n) is 6.96. The molecule has 0 heterocycles. The molecule has 0 spiro atoms. The molecule has 3 aromatic carbocycles. The SMILES string of the molecule is Cc1ccc(C)c(NC(=O)[C@H]([NH2+]CCc2ccccc2)c2ccccc2)c1. The summed E-state index contributed by atoms with van der Waals surface area (Å²) in [6.07, 6.45) is 0.931. The Labute approximate surface area is 161 Å². The number of nitrogens with one attached hydrogen (secondary N) is 1. The molecule has 0 fully saturated rings. The van der Waals surface area contributed by atoms with E-state index in [-0.39, 0.29) is 11.9 Å². The van der Waals surface area contributed by atoms with Crippen molar-refractivity contribution in [1.29, 1.82) is 0 Å². The highest BCUT2D eigenvalue weighted by molar-refractivity contribution is 5.95. The van der Waals surface area contributed by atoms with Crippen molar-refractivity contribution in [2.24, 2.45) is 0 Å². The van der Waals surface area contributed by atoms with Crippen molar-refractivity contribution in [3.8, 4) is 0 Å². The summed E-state index contributed by atoms with van der Waals surface area (Å²) in [6, 6.07) is 26.2. The van der Waals surface area contributed by atoms with Crippen LogP contribution >= 0.6 is 0 Å². The van der Waals surface area contributed by atoms with Crippen molar-refractivity contribution in [1.82, 2.24) is 0 Å². The van der Waals surface area contributed by atoms with E-state index in [4.69, 9.17) is 0 Å². The molecule has 0 aromatic heterocycles. The van der Waals surface area contributed by atoms with E-state index in [1.807, 2.05) is 62.4 Å². The van der Waals surface area contributed by atoms with Crippen LogP contribution < -0.4 is 10.6 Å². The van der Waals surface area contributed by atoms with Gasteiger partial charge in [0.1, 0.15) is 0 Å². The standard InChI is InChI=1S/C24H26N2O/c1-18-13-14-19(2)22(17-18)26-24(27)23(21-11-7-4-8-12-21)25-16-15-20-9-5-3-6-10-20/h3-14,17,23,25H,15-16H2,1-2H3,(H,26,27)/p+1/t23-/m1/s1. The largest absolute Gasteiger partial charge is 0.332 e. The monoisotopic (exact) mass is 359 g/mol. The van der Waals surface area contributed by atoms with Crippen LogP contribution in [0, 0.1) is 13.8 Å². The van der Waals surface area contributed by atoms with E-state index >= 15 is 0 Å². The highest BCUT2D eigenvalue weighted by atomic mass is 16.2. The smallest absolute Gasteiger partial charge is 0.287 e. The Balaban J connectivity index is 1.73. The number of amides is 1. The minimum absolute atomic E-state index is 0.0166. The molecule has 3 aromatic rings. The van der Waals surface area contributed by atoms with Gasteiger partial charge in [0.15, 0.2) is 6.04 Å². The molecule has 1 amide bonds. The summed E-state index contributed by atoms with van der Waals surface area (Å²) in [5, 5.41) is 5.26. The second-order valence-corrected chi connectivity index (χ2v) is 6.96. The molecule has 0 unspecified atom stereocenters. The molecule has 0 aliphatic heterocycles. The molecule has 0 bridgehead atoms. The van der Waals surface area contributed by atoms with Crippen molar-refractivity contribution >= 4 is 11.6 Å². The molecule has 0 aliphatic rings. The van der Waals surface area contributed by atoms with E-state index < -0.39 is 0 Å². The maximum Gasteiger partial charge on any atom is 0.287 e. The lowest BCUT2D eigenvalue weighted by Crippen LogP contribution is -2.87. The third-order valence-corrected chi connectivity index (χ3v) is 4.77. The van der Waals surface area contributed by atoms with Gasteiger partial charge in [-0.3, -0.25) is 4.79 Å². The van der Waals surface area contributed by atoms with Crippen molar-refractivity contribution in [3.05, 3.63) is 101 Å². The Bertz CT molecular complexity index is 875. The van der Waals surface area contributed by atoms with Crippen LogP contribution in [-0.2, 0) is 11.2 Å². The topological polar surface area (TPSA) is 45.7 Å². The van der Waals surface area contributed by atoms with E-state index in [0.29, 0.717) is 0 Å². The lowest BCUT2D eigenvalue weighted by molar-refractivity contribution is -0.682. The average Bonchev–Trinajstić information content (AvgIpc) is 2.69. The molecule has 3 nitrogen and oxygen atoms in total. The highest BCUT2D eigenvalue weighted by Crippen LogP contribution is 2.18. The van der Waals surface area contributed by atoms with Gasteiger partial charge in [0.2, 0.25) is 0 Å². The third kappa shape index (κ3) is 5.28. The van der Waals surface area contributed by atoms with Gasteiger partial charge < -0.3 is 10.6 Å². The second kappa shape index (κ2) is 9.15. The van der Waals surface area contributed by atoms with Gasteiger partial charge in [-0.15, -0.1) is 0 Å². The van der Waals surface area contributed by atoms with Crippen LogP contribution in [0.1, 0.15) is 28.3 Å². The van der Waals surface area contributed by atoms with Gasteiger partial charge in [0, 0.05) is 17.7 Å². The summed E-state index contributed by atoms with van der Waals surface area (Å²) >= 11 is 0. The number of aryl methyl sites for hydroxylation is 2. The number of benzene rings is 3. The lowest BCUT2D eigenvalue weighted by Gasteiger charge is -2.17. The van der Waals surface area contributed by atoms with Gasteiger partial charge in [-0.25, -0.2) is 0 Å². The molecule has 1 atom stereocenters. The fourth-order valence-corrected chi connectivity index (χ4v) is 3.20. The number of carbonyl (C=O) groups excluding carboxylic acids is 1.